The van der Waals surface area contributed by atoms with Gasteiger partial charge >= 0.3 is 6.18 Å². The molecule has 0 saturated carbocycles. The third-order valence-electron chi connectivity index (χ3n) is 8.66. The number of hydrogen-bond donors (Lipinski definition) is 2. The molecule has 0 radical (unpaired) electrons. The summed E-state index contributed by atoms with van der Waals surface area (Å²) in [6, 6.07) is 27.7. The molecule has 7 rings (SSSR count). The number of para-hydroxylation sites is 2. The van der Waals surface area contributed by atoms with Gasteiger partial charge in [0, 0.05) is 24.8 Å². The van der Waals surface area contributed by atoms with E-state index in [4.69, 9.17) is 26.0 Å². The Bertz CT molecular complexity index is 1950. The number of halogens is 4. The van der Waals surface area contributed by atoms with E-state index in [9.17, 15) is 13.2 Å². The van der Waals surface area contributed by atoms with E-state index < -0.39 is 11.7 Å². The minimum atomic E-state index is -4.46. The van der Waals surface area contributed by atoms with Crippen LogP contribution in [0.2, 0.25) is 5.02 Å². The minimum Gasteiger partial charge on any atom is -0.460 e. The molecule has 0 spiro atoms. The van der Waals surface area contributed by atoms with E-state index >= 15 is 0 Å². The number of nitrogens with one attached hydrogen (secondary N) is 2. The third kappa shape index (κ3) is 7.49. The molecule has 1 atom stereocenters. The minimum absolute atomic E-state index is 0. The third-order valence-corrected chi connectivity index (χ3v) is 8.98. The van der Waals surface area contributed by atoms with Crippen LogP contribution in [0.3, 0.4) is 0 Å². The summed E-state index contributed by atoms with van der Waals surface area (Å²) in [5.41, 5.74) is 6.22. The van der Waals surface area contributed by atoms with Crippen LogP contribution in [0.1, 0.15) is 65.8 Å². The van der Waals surface area contributed by atoms with E-state index in [1.165, 1.54) is 17.2 Å². The van der Waals surface area contributed by atoms with Crippen LogP contribution in [-0.4, -0.2) is 19.9 Å². The molecular formula is C38H37ClF3N5O. The number of aromatic amines is 1. The number of aryl methyl sites for hydroxylation is 1. The van der Waals surface area contributed by atoms with Crippen molar-refractivity contribution in [3.63, 3.8) is 0 Å². The van der Waals surface area contributed by atoms with Crippen LogP contribution in [0.5, 0.6) is 0 Å². The molecule has 0 saturated heterocycles. The normalized spacial score (nSPS) is 14.6. The monoisotopic (exact) mass is 671 g/mol. The Kier molecular flexibility index (Phi) is 10.0. The van der Waals surface area contributed by atoms with Gasteiger partial charge in [0.15, 0.2) is 0 Å². The average molecular weight is 672 g/mol. The van der Waals surface area contributed by atoms with Crippen molar-refractivity contribution in [2.45, 2.75) is 65.1 Å². The number of aromatic nitrogens is 3. The molecule has 0 amide bonds. The molecule has 1 aliphatic rings. The summed E-state index contributed by atoms with van der Waals surface area (Å²) in [7, 11) is 0. The molecule has 0 bridgehead atoms. The molecule has 48 heavy (non-hydrogen) atoms. The number of benzene rings is 3. The molecule has 1 unspecified atom stereocenters. The molecule has 2 N–H and O–H groups in total. The lowest BCUT2D eigenvalue weighted by molar-refractivity contribution is -0.137. The second kappa shape index (κ2) is 14.4. The van der Waals surface area contributed by atoms with Gasteiger partial charge in [-0.25, -0.2) is 4.98 Å². The van der Waals surface area contributed by atoms with Gasteiger partial charge in [-0.05, 0) is 84.5 Å². The molecule has 3 aromatic heterocycles. The van der Waals surface area contributed by atoms with Gasteiger partial charge in [0.25, 0.3) is 0 Å². The Morgan fingerprint density at radius 2 is 1.73 bits per heavy atom. The summed E-state index contributed by atoms with van der Waals surface area (Å²) in [5.74, 6) is 1.84. The van der Waals surface area contributed by atoms with E-state index in [1.54, 1.807) is 12.1 Å². The molecule has 0 aliphatic heterocycles. The highest BCUT2D eigenvalue weighted by Crippen LogP contribution is 2.37. The Morgan fingerprint density at radius 3 is 2.54 bits per heavy atom. The van der Waals surface area contributed by atoms with Gasteiger partial charge in [-0.3, -0.25) is 9.88 Å². The maximum Gasteiger partial charge on any atom is 0.416 e. The molecule has 248 valence electrons. The quantitative estimate of drug-likeness (QED) is 0.152. The summed E-state index contributed by atoms with van der Waals surface area (Å²) in [6.07, 6.45) is 0.646. The van der Waals surface area contributed by atoms with E-state index in [1.807, 2.05) is 30.5 Å². The second-order valence-electron chi connectivity index (χ2n) is 11.9. The first kappa shape index (κ1) is 33.5. The van der Waals surface area contributed by atoms with Crippen molar-refractivity contribution < 1.29 is 17.6 Å². The van der Waals surface area contributed by atoms with Gasteiger partial charge in [0.05, 0.1) is 46.4 Å². The molecular weight excluding hydrogens is 635 g/mol. The van der Waals surface area contributed by atoms with Crippen LogP contribution >= 0.6 is 11.6 Å². The zero-order chi connectivity index (χ0) is 32.4. The van der Waals surface area contributed by atoms with Gasteiger partial charge in [0.1, 0.15) is 17.3 Å². The maximum absolute atomic E-state index is 13.2. The van der Waals surface area contributed by atoms with Crippen LogP contribution in [0, 0.1) is 0 Å². The molecule has 10 heteroatoms. The zero-order valence-corrected chi connectivity index (χ0v) is 26.3. The van der Waals surface area contributed by atoms with Crippen molar-refractivity contribution in [1.82, 2.24) is 25.2 Å². The summed E-state index contributed by atoms with van der Waals surface area (Å²) < 4.78 is 45.5. The van der Waals surface area contributed by atoms with Crippen LogP contribution in [0.25, 0.3) is 22.4 Å². The lowest BCUT2D eigenvalue weighted by atomic mass is 9.90. The first-order valence-corrected chi connectivity index (χ1v) is 16.0. The number of H-pyrrole nitrogens is 1. The fourth-order valence-corrected chi connectivity index (χ4v) is 6.54. The predicted molar refractivity (Wildman–Crippen MR) is 183 cm³/mol. The van der Waals surface area contributed by atoms with Gasteiger partial charge in [-0.2, -0.15) is 13.2 Å². The van der Waals surface area contributed by atoms with E-state index in [0.29, 0.717) is 31.2 Å². The smallest absolute Gasteiger partial charge is 0.416 e. The van der Waals surface area contributed by atoms with E-state index in [-0.39, 0.29) is 24.1 Å². The van der Waals surface area contributed by atoms with Gasteiger partial charge in [0.2, 0.25) is 0 Å². The topological polar surface area (TPSA) is 70.0 Å². The fraction of sp³-hybridized carbons (Fsp3) is 0.263. The highest BCUT2D eigenvalue weighted by atomic mass is 35.5. The largest absolute Gasteiger partial charge is 0.460 e. The summed E-state index contributed by atoms with van der Waals surface area (Å²) in [4.78, 5) is 15.7. The van der Waals surface area contributed by atoms with Crippen LogP contribution in [0.15, 0.2) is 102 Å². The first-order valence-electron chi connectivity index (χ1n) is 15.7. The number of nitrogens with zero attached hydrogens (tertiary/aromatic N) is 3. The van der Waals surface area contributed by atoms with Crippen molar-refractivity contribution in [2.24, 2.45) is 0 Å². The highest BCUT2D eigenvalue weighted by molar-refractivity contribution is 6.33. The second-order valence-corrected chi connectivity index (χ2v) is 12.3. The Morgan fingerprint density at radius 1 is 0.917 bits per heavy atom. The Balaban J connectivity index is 0.00000401. The Hall–Kier alpha value is -4.44. The fourth-order valence-electron chi connectivity index (χ4n) is 6.32. The van der Waals surface area contributed by atoms with Gasteiger partial charge in [-0.15, -0.1) is 0 Å². The standard InChI is InChI=1S/C37H33ClF3N5O.CH4/c38-30-16-14-27(37(39,40)41)19-29(30)34-17-15-28(47-34)21-42-20-24-10-12-25(13-11-24)22-46(23-35-44-31-7-1-2-8-32(31)45-35)33-9-3-5-26-6-4-18-43-36(26)33;/h1-2,4,6-8,10-19,33,42H,3,5,9,20-23H2,(H,44,45);1H4. The number of alkyl halides is 3. The highest BCUT2D eigenvalue weighted by Gasteiger charge is 2.31. The van der Waals surface area contributed by atoms with Crippen molar-refractivity contribution in [3.8, 4) is 11.3 Å². The Labute approximate surface area is 283 Å². The van der Waals surface area contributed by atoms with Crippen molar-refractivity contribution in [2.75, 3.05) is 0 Å². The average Bonchev–Trinajstić information content (AvgIpc) is 3.71. The number of imidazole rings is 1. The lowest BCUT2D eigenvalue weighted by Gasteiger charge is -2.34. The predicted octanol–water partition coefficient (Wildman–Crippen LogP) is 9.90. The molecule has 3 heterocycles. The van der Waals surface area contributed by atoms with Crippen molar-refractivity contribution >= 4 is 22.6 Å². The van der Waals surface area contributed by atoms with Gasteiger partial charge in [-0.1, -0.05) is 61.5 Å². The van der Waals surface area contributed by atoms with Crippen molar-refractivity contribution in [1.29, 1.82) is 0 Å². The molecule has 0 fully saturated rings. The molecule has 6 nitrogen and oxygen atoms in total. The zero-order valence-electron chi connectivity index (χ0n) is 25.5. The first-order chi connectivity index (χ1) is 22.8. The van der Waals surface area contributed by atoms with Crippen molar-refractivity contribution in [3.05, 3.63) is 142 Å². The number of rotatable bonds is 10. The summed E-state index contributed by atoms with van der Waals surface area (Å²) in [6.45, 7) is 2.44. The maximum atomic E-state index is 13.2. The van der Waals surface area contributed by atoms with Crippen LogP contribution < -0.4 is 5.32 Å². The summed E-state index contributed by atoms with van der Waals surface area (Å²) >= 11 is 6.19. The molecule has 6 aromatic rings. The van der Waals surface area contributed by atoms with Crippen LogP contribution in [0.4, 0.5) is 13.2 Å². The number of fused-ring (bicyclic) bond motifs is 2. The van der Waals surface area contributed by atoms with E-state index in [2.05, 4.69) is 51.6 Å². The lowest BCUT2D eigenvalue weighted by Crippen LogP contribution is -2.31. The SMILES string of the molecule is C.FC(F)(F)c1ccc(Cl)c(-c2ccc(CNCc3ccc(CN(Cc4nc5ccccc5[nH]4)C4CCCc5cccnc54)cc3)o2)c1. The molecule has 1 aliphatic carbocycles. The van der Waals surface area contributed by atoms with Gasteiger partial charge < -0.3 is 14.7 Å². The number of hydrogen-bond acceptors (Lipinski definition) is 5. The van der Waals surface area contributed by atoms with E-state index in [0.717, 1.165) is 66.1 Å². The van der Waals surface area contributed by atoms with Crippen LogP contribution in [-0.2, 0) is 38.8 Å². The number of furan rings is 1. The summed E-state index contributed by atoms with van der Waals surface area (Å²) in [5, 5.41) is 3.56. The number of pyridine rings is 1. The molecule has 3 aromatic carbocycles.